The van der Waals surface area contributed by atoms with E-state index in [-0.39, 0.29) is 5.75 Å². The predicted molar refractivity (Wildman–Crippen MR) is 42.5 cm³/mol. The Morgan fingerprint density at radius 3 is 2.54 bits per heavy atom. The van der Waals surface area contributed by atoms with Crippen LogP contribution in [0.2, 0.25) is 0 Å². The minimum Gasteiger partial charge on any atom is -0.484 e. The summed E-state index contributed by atoms with van der Waals surface area (Å²) < 4.78 is 39.6. The first kappa shape index (κ1) is 9.89. The van der Waals surface area contributed by atoms with Crippen LogP contribution in [0.5, 0.6) is 5.75 Å². The van der Waals surface area contributed by atoms with Gasteiger partial charge in [-0.3, -0.25) is 0 Å². The second-order valence-electron chi connectivity index (χ2n) is 2.55. The first-order chi connectivity index (χ1) is 5.97. The molecular formula is C9H8F3O. The van der Waals surface area contributed by atoms with Gasteiger partial charge < -0.3 is 4.74 Å². The highest BCUT2D eigenvalue weighted by atomic mass is 19.4. The third kappa shape index (κ3) is 3.83. The summed E-state index contributed by atoms with van der Waals surface area (Å²) in [6.07, 6.45) is -4.29. The quantitative estimate of drug-likeness (QED) is 0.695. The molecular weight excluding hydrogens is 181 g/mol. The van der Waals surface area contributed by atoms with Gasteiger partial charge in [-0.05, 0) is 24.6 Å². The van der Waals surface area contributed by atoms with E-state index in [1.807, 2.05) is 0 Å². The molecule has 0 aliphatic rings. The number of benzene rings is 1. The first-order valence-corrected chi connectivity index (χ1v) is 3.59. The average molecular weight is 189 g/mol. The lowest BCUT2D eigenvalue weighted by molar-refractivity contribution is -0.153. The Balaban J connectivity index is 2.55. The molecule has 0 amide bonds. The Labute approximate surface area is 74.1 Å². The summed E-state index contributed by atoms with van der Waals surface area (Å²) in [6, 6.07) is 6.18. The highest BCUT2D eigenvalue weighted by Crippen LogP contribution is 2.18. The van der Waals surface area contributed by atoms with Gasteiger partial charge in [-0.25, -0.2) is 0 Å². The van der Waals surface area contributed by atoms with Crippen LogP contribution >= 0.6 is 0 Å². The number of alkyl halides is 3. The maximum Gasteiger partial charge on any atom is 0.422 e. The van der Waals surface area contributed by atoms with Gasteiger partial charge in [0.1, 0.15) is 5.75 Å². The fourth-order valence-electron chi connectivity index (χ4n) is 0.800. The van der Waals surface area contributed by atoms with E-state index in [9.17, 15) is 13.2 Å². The summed E-state index contributed by atoms with van der Waals surface area (Å²) in [5.41, 5.74) is 0.625. The standard InChI is InChI=1S/C9H8F3O/c1-7-3-2-4-8(5-7)13-6-9(10,11)12/h2-5H,1,6H2. The molecule has 1 radical (unpaired) electrons. The Kier molecular flexibility index (Phi) is 2.80. The number of rotatable bonds is 2. The zero-order valence-corrected chi connectivity index (χ0v) is 6.77. The van der Waals surface area contributed by atoms with E-state index >= 15 is 0 Å². The lowest BCUT2D eigenvalue weighted by Gasteiger charge is -2.08. The SMILES string of the molecule is [CH2]c1cccc(OCC(F)(F)F)c1. The van der Waals surface area contributed by atoms with Crippen LogP contribution in [-0.2, 0) is 0 Å². The highest BCUT2D eigenvalue weighted by molar-refractivity contribution is 5.29. The van der Waals surface area contributed by atoms with E-state index in [1.165, 1.54) is 12.1 Å². The van der Waals surface area contributed by atoms with Crippen molar-refractivity contribution < 1.29 is 17.9 Å². The van der Waals surface area contributed by atoms with Gasteiger partial charge in [-0.1, -0.05) is 12.1 Å². The molecule has 0 saturated heterocycles. The number of hydrogen-bond acceptors (Lipinski definition) is 1. The third-order valence-corrected chi connectivity index (χ3v) is 1.30. The summed E-state index contributed by atoms with van der Waals surface area (Å²) in [5.74, 6) is 0.185. The molecule has 0 spiro atoms. The van der Waals surface area contributed by atoms with E-state index in [2.05, 4.69) is 11.7 Å². The van der Waals surface area contributed by atoms with Crippen molar-refractivity contribution in [3.8, 4) is 5.75 Å². The number of ether oxygens (including phenoxy) is 1. The van der Waals surface area contributed by atoms with Gasteiger partial charge in [0.15, 0.2) is 6.61 Å². The van der Waals surface area contributed by atoms with Crippen molar-refractivity contribution in [3.05, 3.63) is 36.8 Å². The Bertz CT molecular complexity index is 280. The summed E-state index contributed by atoms with van der Waals surface area (Å²) in [7, 11) is 0. The van der Waals surface area contributed by atoms with Gasteiger partial charge in [-0.15, -0.1) is 0 Å². The summed E-state index contributed by atoms with van der Waals surface area (Å²) in [4.78, 5) is 0. The molecule has 1 aromatic rings. The zero-order valence-electron chi connectivity index (χ0n) is 6.77. The Morgan fingerprint density at radius 2 is 2.00 bits per heavy atom. The minimum absolute atomic E-state index is 0.185. The van der Waals surface area contributed by atoms with Crippen molar-refractivity contribution in [3.63, 3.8) is 0 Å². The van der Waals surface area contributed by atoms with E-state index in [0.717, 1.165) is 0 Å². The maximum atomic E-state index is 11.7. The number of hydrogen-bond donors (Lipinski definition) is 0. The van der Waals surface area contributed by atoms with Crippen molar-refractivity contribution in [2.24, 2.45) is 0 Å². The topological polar surface area (TPSA) is 9.23 Å². The van der Waals surface area contributed by atoms with Crippen LogP contribution in [0.25, 0.3) is 0 Å². The molecule has 4 heteroatoms. The van der Waals surface area contributed by atoms with Crippen LogP contribution in [0.1, 0.15) is 5.56 Å². The van der Waals surface area contributed by atoms with Crippen molar-refractivity contribution in [2.75, 3.05) is 6.61 Å². The van der Waals surface area contributed by atoms with Gasteiger partial charge in [0.05, 0.1) is 0 Å². The first-order valence-electron chi connectivity index (χ1n) is 3.59. The fraction of sp³-hybridized carbons (Fsp3) is 0.222. The van der Waals surface area contributed by atoms with Crippen LogP contribution < -0.4 is 4.74 Å². The van der Waals surface area contributed by atoms with Gasteiger partial charge >= 0.3 is 6.18 Å². The van der Waals surface area contributed by atoms with Gasteiger partial charge in [0.25, 0.3) is 0 Å². The van der Waals surface area contributed by atoms with E-state index in [0.29, 0.717) is 5.56 Å². The molecule has 0 aromatic heterocycles. The van der Waals surface area contributed by atoms with Crippen LogP contribution in [0.15, 0.2) is 24.3 Å². The zero-order chi connectivity index (χ0) is 9.90. The largest absolute Gasteiger partial charge is 0.484 e. The van der Waals surface area contributed by atoms with Crippen molar-refractivity contribution in [1.29, 1.82) is 0 Å². The molecule has 0 atom stereocenters. The second kappa shape index (κ2) is 3.68. The normalized spacial score (nSPS) is 11.4. The van der Waals surface area contributed by atoms with E-state index < -0.39 is 12.8 Å². The second-order valence-corrected chi connectivity index (χ2v) is 2.55. The molecule has 1 aromatic carbocycles. The van der Waals surface area contributed by atoms with E-state index in [1.54, 1.807) is 12.1 Å². The molecule has 0 saturated carbocycles. The highest BCUT2D eigenvalue weighted by Gasteiger charge is 2.28. The summed E-state index contributed by atoms with van der Waals surface area (Å²) in [5, 5.41) is 0. The lowest BCUT2D eigenvalue weighted by atomic mass is 10.2. The fourth-order valence-corrected chi connectivity index (χ4v) is 0.800. The average Bonchev–Trinajstić information content (AvgIpc) is 2.00. The summed E-state index contributed by atoms with van der Waals surface area (Å²) in [6.45, 7) is 2.30. The Morgan fingerprint density at radius 1 is 1.31 bits per heavy atom. The van der Waals surface area contributed by atoms with Crippen LogP contribution in [0.3, 0.4) is 0 Å². The minimum atomic E-state index is -4.29. The smallest absolute Gasteiger partial charge is 0.422 e. The maximum absolute atomic E-state index is 11.7. The molecule has 1 nitrogen and oxygen atoms in total. The predicted octanol–water partition coefficient (Wildman–Crippen LogP) is 2.81. The molecule has 0 aliphatic carbocycles. The van der Waals surface area contributed by atoms with Crippen LogP contribution in [-0.4, -0.2) is 12.8 Å². The lowest BCUT2D eigenvalue weighted by Crippen LogP contribution is -2.19. The Hall–Kier alpha value is -1.19. The monoisotopic (exact) mass is 189 g/mol. The molecule has 13 heavy (non-hydrogen) atoms. The molecule has 1 rings (SSSR count). The molecule has 0 bridgehead atoms. The molecule has 71 valence electrons. The van der Waals surface area contributed by atoms with Gasteiger partial charge in [0, 0.05) is 0 Å². The van der Waals surface area contributed by atoms with Gasteiger partial charge in [0.2, 0.25) is 0 Å². The molecule has 0 heterocycles. The van der Waals surface area contributed by atoms with Crippen LogP contribution in [0, 0.1) is 6.92 Å². The molecule has 0 aliphatic heterocycles. The van der Waals surface area contributed by atoms with Crippen LogP contribution in [0.4, 0.5) is 13.2 Å². The van der Waals surface area contributed by atoms with E-state index in [4.69, 9.17) is 0 Å². The number of halogens is 3. The van der Waals surface area contributed by atoms with Gasteiger partial charge in [-0.2, -0.15) is 13.2 Å². The molecule has 0 fully saturated rings. The van der Waals surface area contributed by atoms with Crippen molar-refractivity contribution in [2.45, 2.75) is 6.18 Å². The molecule has 0 unspecified atom stereocenters. The summed E-state index contributed by atoms with van der Waals surface area (Å²) >= 11 is 0. The molecule has 0 N–H and O–H groups in total. The van der Waals surface area contributed by atoms with Crippen molar-refractivity contribution >= 4 is 0 Å². The third-order valence-electron chi connectivity index (χ3n) is 1.30. The van der Waals surface area contributed by atoms with Crippen molar-refractivity contribution in [1.82, 2.24) is 0 Å².